The van der Waals surface area contributed by atoms with Gasteiger partial charge in [-0.05, 0) is 19.8 Å². The van der Waals surface area contributed by atoms with Crippen molar-refractivity contribution in [3.05, 3.63) is 11.6 Å². The Hall–Kier alpha value is -1.18. The van der Waals surface area contributed by atoms with Crippen molar-refractivity contribution in [2.75, 3.05) is 50.7 Å². The zero-order valence-corrected chi connectivity index (χ0v) is 14.5. The Labute approximate surface area is 141 Å². The lowest BCUT2D eigenvalue weighted by molar-refractivity contribution is -0.137. The van der Waals surface area contributed by atoms with Crippen molar-refractivity contribution in [1.29, 1.82) is 0 Å². The number of carbonyl (C=O) groups excluding carboxylic acids is 1. The molecule has 23 heavy (non-hydrogen) atoms. The second-order valence-corrected chi connectivity index (χ2v) is 7.45. The standard InChI is InChI=1S/C16H26N4O2S/c1-13(21)11-18-6-8-19(9-7-18)15(22)14-3-2-5-20(12-14)16-17-4-10-23-16/h4,10,13-14,21H,2-3,5-9,11-12H2,1H3. The SMILES string of the molecule is CC(O)CN1CCN(C(=O)C2CCCN(c3nccs3)C2)CC1. The summed E-state index contributed by atoms with van der Waals surface area (Å²) in [4.78, 5) is 23.7. The summed E-state index contributed by atoms with van der Waals surface area (Å²) in [5, 5.41) is 12.5. The molecule has 2 fully saturated rings. The van der Waals surface area contributed by atoms with Crippen LogP contribution < -0.4 is 4.90 Å². The number of piperidine rings is 1. The molecule has 1 N–H and O–H groups in total. The number of rotatable bonds is 4. The Balaban J connectivity index is 1.52. The predicted octanol–water partition coefficient (Wildman–Crippen LogP) is 0.884. The highest BCUT2D eigenvalue weighted by Crippen LogP contribution is 2.26. The first-order valence-corrected chi connectivity index (χ1v) is 9.35. The van der Waals surface area contributed by atoms with Gasteiger partial charge < -0.3 is 14.9 Å². The molecular weight excluding hydrogens is 312 g/mol. The van der Waals surface area contributed by atoms with Crippen LogP contribution in [0.25, 0.3) is 0 Å². The summed E-state index contributed by atoms with van der Waals surface area (Å²) in [5.41, 5.74) is 0. The predicted molar refractivity (Wildman–Crippen MR) is 91.8 cm³/mol. The maximum atomic E-state index is 12.8. The number of hydrogen-bond donors (Lipinski definition) is 1. The molecule has 0 bridgehead atoms. The second kappa shape index (κ2) is 7.59. The van der Waals surface area contributed by atoms with E-state index in [2.05, 4.69) is 14.8 Å². The molecule has 128 valence electrons. The van der Waals surface area contributed by atoms with Crippen LogP contribution in [0.1, 0.15) is 19.8 Å². The molecule has 1 amide bonds. The number of carbonyl (C=O) groups is 1. The first kappa shape index (κ1) is 16.7. The lowest BCUT2D eigenvalue weighted by Gasteiger charge is -2.39. The average molecular weight is 338 g/mol. The topological polar surface area (TPSA) is 59.9 Å². The molecule has 0 aromatic carbocycles. The van der Waals surface area contributed by atoms with Gasteiger partial charge in [0.15, 0.2) is 5.13 Å². The van der Waals surface area contributed by atoms with Crippen LogP contribution in [0.15, 0.2) is 11.6 Å². The summed E-state index contributed by atoms with van der Waals surface area (Å²) < 4.78 is 0. The van der Waals surface area contributed by atoms with Gasteiger partial charge in [-0.25, -0.2) is 4.98 Å². The maximum Gasteiger partial charge on any atom is 0.227 e. The zero-order valence-electron chi connectivity index (χ0n) is 13.7. The molecule has 2 atom stereocenters. The molecule has 2 aliphatic heterocycles. The summed E-state index contributed by atoms with van der Waals surface area (Å²) in [6, 6.07) is 0. The van der Waals surface area contributed by atoms with Crippen LogP contribution in [0.3, 0.4) is 0 Å². The molecule has 0 saturated carbocycles. The van der Waals surface area contributed by atoms with Gasteiger partial charge in [0, 0.05) is 57.4 Å². The third kappa shape index (κ3) is 4.22. The smallest absolute Gasteiger partial charge is 0.227 e. The van der Waals surface area contributed by atoms with E-state index in [1.54, 1.807) is 11.3 Å². The fourth-order valence-electron chi connectivity index (χ4n) is 3.51. The summed E-state index contributed by atoms with van der Waals surface area (Å²) in [5.74, 6) is 0.388. The number of aromatic nitrogens is 1. The van der Waals surface area contributed by atoms with Crippen LogP contribution in [-0.4, -0.2) is 77.7 Å². The van der Waals surface area contributed by atoms with Gasteiger partial charge in [-0.1, -0.05) is 0 Å². The summed E-state index contributed by atoms with van der Waals surface area (Å²) in [7, 11) is 0. The van der Waals surface area contributed by atoms with Crippen molar-refractivity contribution in [3.8, 4) is 0 Å². The number of aliphatic hydroxyl groups is 1. The molecule has 0 spiro atoms. The number of thiazole rings is 1. The Kier molecular flexibility index (Phi) is 5.50. The van der Waals surface area contributed by atoms with Gasteiger partial charge in [0.05, 0.1) is 12.0 Å². The van der Waals surface area contributed by atoms with Crippen LogP contribution in [0.5, 0.6) is 0 Å². The van der Waals surface area contributed by atoms with Gasteiger partial charge in [-0.2, -0.15) is 0 Å². The number of aliphatic hydroxyl groups excluding tert-OH is 1. The lowest BCUT2D eigenvalue weighted by Crippen LogP contribution is -2.53. The van der Waals surface area contributed by atoms with Crippen LogP contribution in [0.2, 0.25) is 0 Å². The highest BCUT2D eigenvalue weighted by Gasteiger charge is 2.31. The second-order valence-electron chi connectivity index (χ2n) is 6.57. The molecule has 3 heterocycles. The first-order chi connectivity index (χ1) is 11.1. The van der Waals surface area contributed by atoms with Crippen molar-refractivity contribution >= 4 is 22.4 Å². The highest BCUT2D eigenvalue weighted by atomic mass is 32.1. The van der Waals surface area contributed by atoms with Gasteiger partial charge in [-0.3, -0.25) is 9.69 Å². The zero-order chi connectivity index (χ0) is 16.2. The van der Waals surface area contributed by atoms with E-state index < -0.39 is 0 Å². The Morgan fingerprint density at radius 1 is 1.39 bits per heavy atom. The summed E-state index contributed by atoms with van der Waals surface area (Å²) in [6.45, 7) is 7.58. The van der Waals surface area contributed by atoms with Gasteiger partial charge in [0.1, 0.15) is 0 Å². The molecular formula is C16H26N4O2S. The third-order valence-electron chi connectivity index (χ3n) is 4.67. The normalized spacial score (nSPS) is 24.7. The minimum atomic E-state index is -0.303. The molecule has 1 aromatic heterocycles. The summed E-state index contributed by atoms with van der Waals surface area (Å²) in [6.07, 6.45) is 3.56. The number of hydrogen-bond acceptors (Lipinski definition) is 6. The van der Waals surface area contributed by atoms with Crippen molar-refractivity contribution < 1.29 is 9.90 Å². The Morgan fingerprint density at radius 2 is 2.17 bits per heavy atom. The van der Waals surface area contributed by atoms with E-state index >= 15 is 0 Å². The van der Waals surface area contributed by atoms with Gasteiger partial charge in [0.25, 0.3) is 0 Å². The van der Waals surface area contributed by atoms with Crippen LogP contribution in [0, 0.1) is 5.92 Å². The molecule has 2 unspecified atom stereocenters. The Bertz CT molecular complexity index is 500. The van der Waals surface area contributed by atoms with Gasteiger partial charge in [-0.15, -0.1) is 11.3 Å². The molecule has 2 saturated heterocycles. The average Bonchev–Trinajstić information content (AvgIpc) is 3.09. The first-order valence-electron chi connectivity index (χ1n) is 8.47. The lowest BCUT2D eigenvalue weighted by atomic mass is 9.96. The van der Waals surface area contributed by atoms with E-state index in [1.165, 1.54) is 0 Å². The number of β-amino-alcohol motifs (C(OH)–C–C–N with tert-alkyl or cyclic N) is 1. The van der Waals surface area contributed by atoms with Crippen LogP contribution in [0.4, 0.5) is 5.13 Å². The van der Waals surface area contributed by atoms with Gasteiger partial charge >= 0.3 is 0 Å². The van der Waals surface area contributed by atoms with Crippen LogP contribution in [-0.2, 0) is 4.79 Å². The molecule has 2 aliphatic rings. The number of piperazine rings is 1. The van der Waals surface area contributed by atoms with E-state index in [1.807, 2.05) is 23.4 Å². The van der Waals surface area contributed by atoms with Gasteiger partial charge in [0.2, 0.25) is 5.91 Å². The quantitative estimate of drug-likeness (QED) is 0.883. The highest BCUT2D eigenvalue weighted by molar-refractivity contribution is 7.13. The molecule has 0 aliphatic carbocycles. The van der Waals surface area contributed by atoms with E-state index in [4.69, 9.17) is 0 Å². The van der Waals surface area contributed by atoms with Crippen LogP contribution >= 0.6 is 11.3 Å². The van der Waals surface area contributed by atoms with Crippen molar-refractivity contribution in [3.63, 3.8) is 0 Å². The minimum Gasteiger partial charge on any atom is -0.392 e. The largest absolute Gasteiger partial charge is 0.392 e. The van der Waals surface area contributed by atoms with E-state index in [0.717, 1.165) is 57.2 Å². The van der Waals surface area contributed by atoms with Crippen molar-refractivity contribution in [1.82, 2.24) is 14.8 Å². The molecule has 0 radical (unpaired) electrons. The van der Waals surface area contributed by atoms with Crippen molar-refractivity contribution in [2.45, 2.75) is 25.9 Å². The van der Waals surface area contributed by atoms with Crippen molar-refractivity contribution in [2.24, 2.45) is 5.92 Å². The number of anilines is 1. The number of amides is 1. The molecule has 1 aromatic rings. The fourth-order valence-corrected chi connectivity index (χ4v) is 4.19. The van der Waals surface area contributed by atoms with E-state index in [0.29, 0.717) is 12.5 Å². The molecule has 3 rings (SSSR count). The molecule has 7 heteroatoms. The minimum absolute atomic E-state index is 0.0935. The fraction of sp³-hybridized carbons (Fsp3) is 0.750. The van der Waals surface area contributed by atoms with E-state index in [-0.39, 0.29) is 12.0 Å². The summed E-state index contributed by atoms with van der Waals surface area (Å²) >= 11 is 1.64. The number of nitrogens with zero attached hydrogens (tertiary/aromatic N) is 4. The monoisotopic (exact) mass is 338 g/mol. The maximum absolute atomic E-state index is 12.8. The third-order valence-corrected chi connectivity index (χ3v) is 5.50. The molecule has 6 nitrogen and oxygen atoms in total. The Morgan fingerprint density at radius 3 is 2.83 bits per heavy atom. The van der Waals surface area contributed by atoms with E-state index in [9.17, 15) is 9.90 Å².